The van der Waals surface area contributed by atoms with Crippen LogP contribution in [0, 0.1) is 5.92 Å². The lowest BCUT2D eigenvalue weighted by Gasteiger charge is -2.18. The van der Waals surface area contributed by atoms with Crippen molar-refractivity contribution in [1.29, 1.82) is 0 Å². The fraction of sp³-hybridized carbons (Fsp3) is 0.538. The summed E-state index contributed by atoms with van der Waals surface area (Å²) < 4.78 is 10.7. The van der Waals surface area contributed by atoms with Gasteiger partial charge in [0.2, 0.25) is 0 Å². The quantitative estimate of drug-likeness (QED) is 0.805. The number of methoxy groups -OCH3 is 1. The van der Waals surface area contributed by atoms with E-state index in [0.717, 1.165) is 11.3 Å². The maximum atomic E-state index is 8.97. The van der Waals surface area contributed by atoms with Crippen LogP contribution in [0.15, 0.2) is 24.3 Å². The van der Waals surface area contributed by atoms with E-state index in [0.29, 0.717) is 6.61 Å². The van der Waals surface area contributed by atoms with Crippen molar-refractivity contribution in [3.63, 3.8) is 0 Å². The van der Waals surface area contributed by atoms with E-state index in [9.17, 15) is 0 Å². The van der Waals surface area contributed by atoms with E-state index in [2.05, 4.69) is 0 Å². The number of ether oxygens (including phenoxy) is 2. The number of benzene rings is 1. The number of hydrogen-bond donors (Lipinski definition) is 1. The molecule has 0 aliphatic rings. The molecule has 90 valence electrons. The van der Waals surface area contributed by atoms with Crippen molar-refractivity contribution in [1.82, 2.24) is 0 Å². The zero-order valence-electron chi connectivity index (χ0n) is 10.1. The summed E-state index contributed by atoms with van der Waals surface area (Å²) in [5.74, 6) is 1.01. The largest absolute Gasteiger partial charge is 0.497 e. The molecule has 0 saturated carbocycles. The summed E-state index contributed by atoms with van der Waals surface area (Å²) in [6, 6.07) is 7.79. The lowest BCUT2D eigenvalue weighted by molar-refractivity contribution is 0.00152. The summed E-state index contributed by atoms with van der Waals surface area (Å²) in [6.45, 7) is 4.67. The summed E-state index contributed by atoms with van der Waals surface area (Å²) in [5, 5.41) is 8.97. The summed E-state index contributed by atoms with van der Waals surface area (Å²) in [4.78, 5) is 0. The molecule has 0 aliphatic carbocycles. The molecule has 2 atom stereocenters. The maximum Gasteiger partial charge on any atom is 0.118 e. The molecule has 0 fully saturated rings. The lowest BCUT2D eigenvalue weighted by Crippen LogP contribution is -2.20. The van der Waals surface area contributed by atoms with Gasteiger partial charge in [0.25, 0.3) is 0 Å². The molecular weight excluding hydrogens is 204 g/mol. The summed E-state index contributed by atoms with van der Waals surface area (Å²) in [7, 11) is 1.65. The molecule has 0 aliphatic heterocycles. The molecule has 0 bridgehead atoms. The van der Waals surface area contributed by atoms with Crippen LogP contribution in [-0.2, 0) is 11.3 Å². The van der Waals surface area contributed by atoms with Crippen molar-refractivity contribution in [2.45, 2.75) is 26.6 Å². The second kappa shape index (κ2) is 6.51. The van der Waals surface area contributed by atoms with Gasteiger partial charge < -0.3 is 14.6 Å². The fourth-order valence-electron chi connectivity index (χ4n) is 1.26. The predicted octanol–water partition coefficient (Wildman–Crippen LogP) is 2.23. The highest BCUT2D eigenvalue weighted by molar-refractivity contribution is 5.26. The Labute approximate surface area is 97.0 Å². The molecule has 1 aromatic carbocycles. The number of aliphatic hydroxyl groups excluding tert-OH is 1. The van der Waals surface area contributed by atoms with Gasteiger partial charge in [-0.25, -0.2) is 0 Å². The van der Waals surface area contributed by atoms with Crippen LogP contribution in [0.4, 0.5) is 0 Å². The van der Waals surface area contributed by atoms with Gasteiger partial charge in [0.15, 0.2) is 0 Å². The molecule has 1 rings (SSSR count). The van der Waals surface area contributed by atoms with Crippen molar-refractivity contribution in [3.8, 4) is 5.75 Å². The van der Waals surface area contributed by atoms with Crippen LogP contribution in [-0.4, -0.2) is 24.9 Å². The van der Waals surface area contributed by atoms with E-state index in [1.54, 1.807) is 7.11 Å². The van der Waals surface area contributed by atoms with Crippen LogP contribution < -0.4 is 4.74 Å². The van der Waals surface area contributed by atoms with Crippen molar-refractivity contribution in [2.24, 2.45) is 5.92 Å². The molecule has 0 radical (unpaired) electrons. The highest BCUT2D eigenvalue weighted by Gasteiger charge is 2.11. The summed E-state index contributed by atoms with van der Waals surface area (Å²) >= 11 is 0. The van der Waals surface area contributed by atoms with Crippen LogP contribution in [0.1, 0.15) is 19.4 Å². The van der Waals surface area contributed by atoms with Crippen molar-refractivity contribution >= 4 is 0 Å². The van der Waals surface area contributed by atoms with Gasteiger partial charge in [-0.05, 0) is 24.6 Å². The average molecular weight is 224 g/mol. The van der Waals surface area contributed by atoms with Gasteiger partial charge in [0.1, 0.15) is 5.75 Å². The number of hydrogen-bond acceptors (Lipinski definition) is 3. The second-order valence-electron chi connectivity index (χ2n) is 4.02. The minimum atomic E-state index is 0.0621. The smallest absolute Gasteiger partial charge is 0.118 e. The van der Waals surface area contributed by atoms with E-state index < -0.39 is 0 Å². The van der Waals surface area contributed by atoms with E-state index in [1.807, 2.05) is 38.1 Å². The third kappa shape index (κ3) is 3.83. The normalized spacial score (nSPS) is 14.5. The third-order valence-electron chi connectivity index (χ3n) is 2.76. The molecule has 3 nitrogen and oxygen atoms in total. The first-order chi connectivity index (χ1) is 7.67. The Morgan fingerprint density at radius 3 is 2.31 bits per heavy atom. The average Bonchev–Trinajstić information content (AvgIpc) is 2.35. The van der Waals surface area contributed by atoms with Crippen molar-refractivity contribution in [2.75, 3.05) is 13.7 Å². The van der Waals surface area contributed by atoms with Crippen molar-refractivity contribution in [3.05, 3.63) is 29.8 Å². The van der Waals surface area contributed by atoms with Crippen LogP contribution in [0.5, 0.6) is 5.75 Å². The van der Waals surface area contributed by atoms with Gasteiger partial charge in [-0.15, -0.1) is 0 Å². The Morgan fingerprint density at radius 2 is 1.81 bits per heavy atom. The van der Waals surface area contributed by atoms with Gasteiger partial charge >= 0.3 is 0 Å². The second-order valence-corrected chi connectivity index (χ2v) is 4.02. The molecule has 0 spiro atoms. The van der Waals surface area contributed by atoms with Gasteiger partial charge in [0.05, 0.1) is 19.8 Å². The standard InChI is InChI=1S/C13H20O3/c1-10(8-14)11(2)16-9-12-4-6-13(15-3)7-5-12/h4-7,10-11,14H,8-9H2,1-3H3/t10-,11+/m0/s1. The molecule has 16 heavy (non-hydrogen) atoms. The fourth-order valence-corrected chi connectivity index (χ4v) is 1.26. The van der Waals surface area contributed by atoms with Crippen LogP contribution in [0.2, 0.25) is 0 Å². The van der Waals surface area contributed by atoms with Gasteiger partial charge in [-0.1, -0.05) is 19.1 Å². The number of rotatable bonds is 6. The Kier molecular flexibility index (Phi) is 5.29. The van der Waals surface area contributed by atoms with Gasteiger partial charge in [-0.3, -0.25) is 0 Å². The first kappa shape index (κ1) is 13.0. The molecular formula is C13H20O3. The lowest BCUT2D eigenvalue weighted by atomic mass is 10.1. The molecule has 3 heteroatoms. The van der Waals surface area contributed by atoms with Gasteiger partial charge in [-0.2, -0.15) is 0 Å². The Hall–Kier alpha value is -1.06. The molecule has 0 heterocycles. The van der Waals surface area contributed by atoms with E-state index >= 15 is 0 Å². The Bertz CT molecular complexity index is 295. The molecule has 0 aromatic heterocycles. The molecule has 1 N–H and O–H groups in total. The third-order valence-corrected chi connectivity index (χ3v) is 2.76. The topological polar surface area (TPSA) is 38.7 Å². The van der Waals surface area contributed by atoms with Crippen molar-refractivity contribution < 1.29 is 14.6 Å². The van der Waals surface area contributed by atoms with Gasteiger partial charge in [0, 0.05) is 12.5 Å². The Balaban J connectivity index is 2.42. The molecule has 0 amide bonds. The van der Waals surface area contributed by atoms with Crippen LogP contribution in [0.3, 0.4) is 0 Å². The zero-order valence-corrected chi connectivity index (χ0v) is 10.1. The number of aliphatic hydroxyl groups is 1. The van der Waals surface area contributed by atoms with E-state index in [1.165, 1.54) is 0 Å². The molecule has 0 saturated heterocycles. The minimum absolute atomic E-state index is 0.0621. The summed E-state index contributed by atoms with van der Waals surface area (Å²) in [5.41, 5.74) is 1.11. The van der Waals surface area contributed by atoms with Crippen LogP contribution in [0.25, 0.3) is 0 Å². The summed E-state index contributed by atoms with van der Waals surface area (Å²) in [6.07, 6.45) is 0.0621. The monoisotopic (exact) mass is 224 g/mol. The first-order valence-electron chi connectivity index (χ1n) is 5.52. The van der Waals surface area contributed by atoms with E-state index in [-0.39, 0.29) is 18.6 Å². The highest BCUT2D eigenvalue weighted by atomic mass is 16.5. The SMILES string of the molecule is COc1ccc(CO[C@H](C)[C@@H](C)CO)cc1. The maximum absolute atomic E-state index is 8.97. The first-order valence-corrected chi connectivity index (χ1v) is 5.52. The Morgan fingerprint density at radius 1 is 1.19 bits per heavy atom. The molecule has 1 aromatic rings. The highest BCUT2D eigenvalue weighted by Crippen LogP contribution is 2.14. The predicted molar refractivity (Wildman–Crippen MR) is 63.5 cm³/mol. The van der Waals surface area contributed by atoms with Crippen LogP contribution >= 0.6 is 0 Å². The minimum Gasteiger partial charge on any atom is -0.497 e. The molecule has 0 unspecified atom stereocenters. The zero-order chi connectivity index (χ0) is 12.0. The van der Waals surface area contributed by atoms with E-state index in [4.69, 9.17) is 14.6 Å².